The highest BCUT2D eigenvalue weighted by molar-refractivity contribution is 7.99. The van der Waals surface area contributed by atoms with Crippen LogP contribution in [0.3, 0.4) is 0 Å². The lowest BCUT2D eigenvalue weighted by atomic mass is 10.2. The maximum atomic E-state index is 10.8. The number of rotatable bonds is 5. The van der Waals surface area contributed by atoms with Gasteiger partial charge >= 0.3 is 5.97 Å². The van der Waals surface area contributed by atoms with E-state index in [1.165, 1.54) is 16.2 Å². The van der Waals surface area contributed by atoms with Gasteiger partial charge in [0.05, 0.1) is 5.69 Å². The summed E-state index contributed by atoms with van der Waals surface area (Å²) in [5.74, 6) is -0.0275. The normalized spacial score (nSPS) is 12.3. The first-order chi connectivity index (χ1) is 9.11. The number of benzene rings is 1. The number of aromatic nitrogens is 1. The van der Waals surface area contributed by atoms with E-state index in [9.17, 15) is 4.79 Å². The van der Waals surface area contributed by atoms with Crippen LogP contribution in [0.15, 0.2) is 34.5 Å². The fraction of sp³-hybridized carbons (Fsp3) is 0.231. The molecule has 1 aromatic carbocycles. The number of nitrogens with zero attached hydrogens (tertiary/aromatic N) is 1. The third-order valence-corrected chi connectivity index (χ3v) is 4.32. The van der Waals surface area contributed by atoms with Crippen LogP contribution in [0.25, 0.3) is 10.6 Å². The number of carbonyl (C=O) groups is 1. The maximum absolute atomic E-state index is 10.8. The average Bonchev–Trinajstić information content (AvgIpc) is 2.88. The van der Waals surface area contributed by atoms with E-state index in [1.54, 1.807) is 17.1 Å². The lowest BCUT2D eigenvalue weighted by molar-refractivity contribution is -0.138. The van der Waals surface area contributed by atoms with E-state index >= 15 is 0 Å². The van der Waals surface area contributed by atoms with E-state index in [2.05, 4.69) is 11.9 Å². The molecule has 4 nitrogen and oxygen atoms in total. The Balaban J connectivity index is 2.20. The number of aliphatic carboxylic acids is 1. The summed E-state index contributed by atoms with van der Waals surface area (Å²) in [4.78, 5) is 16.3. The summed E-state index contributed by atoms with van der Waals surface area (Å²) in [5.41, 5.74) is 6.92. The Labute approximate surface area is 119 Å². The van der Waals surface area contributed by atoms with E-state index in [4.69, 9.17) is 10.8 Å². The van der Waals surface area contributed by atoms with Gasteiger partial charge in [-0.15, -0.1) is 23.1 Å². The molecule has 1 atom stereocenters. The van der Waals surface area contributed by atoms with Gasteiger partial charge in [-0.2, -0.15) is 0 Å². The second-order valence-corrected chi connectivity index (χ2v) is 6.05. The van der Waals surface area contributed by atoms with E-state index in [-0.39, 0.29) is 0 Å². The van der Waals surface area contributed by atoms with Gasteiger partial charge in [0.1, 0.15) is 11.0 Å². The number of thioether (sulfide) groups is 1. The molecule has 0 spiro atoms. The van der Waals surface area contributed by atoms with Gasteiger partial charge in [0, 0.05) is 15.8 Å². The second kappa shape index (κ2) is 6.18. The Morgan fingerprint density at radius 3 is 2.74 bits per heavy atom. The number of hydrogen-bond acceptors (Lipinski definition) is 5. The molecule has 1 aromatic heterocycles. The Morgan fingerprint density at radius 2 is 2.16 bits per heavy atom. The zero-order valence-corrected chi connectivity index (χ0v) is 12.0. The lowest BCUT2D eigenvalue weighted by Crippen LogP contribution is -2.20. The summed E-state index contributed by atoms with van der Waals surface area (Å²) < 4.78 is 0. The number of hydrogen-bond donors (Lipinski definition) is 2. The second-order valence-electron chi connectivity index (χ2n) is 3.85. The van der Waals surface area contributed by atoms with Crippen LogP contribution >= 0.6 is 23.1 Å². The van der Waals surface area contributed by atoms with Crippen molar-refractivity contribution in [2.75, 3.05) is 5.75 Å². The average molecular weight is 294 g/mol. The van der Waals surface area contributed by atoms with Gasteiger partial charge in [-0.25, -0.2) is 4.98 Å². The van der Waals surface area contributed by atoms with E-state index in [0.717, 1.165) is 16.3 Å². The van der Waals surface area contributed by atoms with Crippen LogP contribution in [0, 0.1) is 0 Å². The maximum Gasteiger partial charge on any atom is 0.326 e. The van der Waals surface area contributed by atoms with Crippen molar-refractivity contribution < 1.29 is 9.90 Å². The summed E-state index contributed by atoms with van der Waals surface area (Å²) in [6, 6.07) is 7.02. The minimum Gasteiger partial charge on any atom is -0.480 e. The highest BCUT2D eigenvalue weighted by atomic mass is 32.2. The van der Waals surface area contributed by atoms with E-state index < -0.39 is 12.0 Å². The molecule has 3 N–H and O–H groups in total. The first kappa shape index (κ1) is 14.0. The predicted molar refractivity (Wildman–Crippen MR) is 78.5 cm³/mol. The summed E-state index contributed by atoms with van der Waals surface area (Å²) in [7, 11) is 0. The van der Waals surface area contributed by atoms with Gasteiger partial charge in [0.25, 0.3) is 0 Å². The van der Waals surface area contributed by atoms with Gasteiger partial charge in [-0.3, -0.25) is 4.79 Å². The molecule has 0 aliphatic rings. The van der Waals surface area contributed by atoms with Gasteiger partial charge < -0.3 is 10.8 Å². The van der Waals surface area contributed by atoms with Gasteiger partial charge in [0.2, 0.25) is 0 Å². The topological polar surface area (TPSA) is 76.2 Å². The van der Waals surface area contributed by atoms with Crippen LogP contribution in [0.2, 0.25) is 0 Å². The summed E-state index contributed by atoms with van der Waals surface area (Å²) in [6.07, 6.45) is 0. The Morgan fingerprint density at radius 1 is 1.47 bits per heavy atom. The first-order valence-corrected chi connectivity index (χ1v) is 7.65. The van der Waals surface area contributed by atoms with Crippen LogP contribution in [-0.2, 0) is 4.79 Å². The zero-order chi connectivity index (χ0) is 13.8. The summed E-state index contributed by atoms with van der Waals surface area (Å²) in [5, 5.41) is 11.3. The quantitative estimate of drug-likeness (QED) is 0.829. The number of thiazole rings is 1. The SMILES string of the molecule is CCSc1ccc(-c2nc(C(N)C(=O)O)cs2)cc1. The minimum absolute atomic E-state index is 0.402. The molecule has 0 saturated carbocycles. The van der Waals surface area contributed by atoms with Crippen molar-refractivity contribution in [3.63, 3.8) is 0 Å². The number of nitrogens with two attached hydrogens (primary N) is 1. The number of carboxylic acid groups (broad SMARTS) is 1. The highest BCUT2D eigenvalue weighted by Crippen LogP contribution is 2.28. The third kappa shape index (κ3) is 3.34. The summed E-state index contributed by atoms with van der Waals surface area (Å²) in [6.45, 7) is 2.11. The fourth-order valence-corrected chi connectivity index (χ4v) is 3.07. The molecule has 6 heteroatoms. The molecule has 0 amide bonds. The molecule has 1 unspecified atom stereocenters. The minimum atomic E-state index is -1.06. The molecule has 100 valence electrons. The van der Waals surface area contributed by atoms with Crippen LogP contribution in [0.1, 0.15) is 18.7 Å². The van der Waals surface area contributed by atoms with Crippen LogP contribution in [0.4, 0.5) is 0 Å². The molecule has 0 aliphatic heterocycles. The van der Waals surface area contributed by atoms with Crippen molar-refractivity contribution in [3.05, 3.63) is 35.3 Å². The molecule has 0 fully saturated rings. The van der Waals surface area contributed by atoms with Crippen molar-refractivity contribution >= 4 is 29.1 Å². The highest BCUT2D eigenvalue weighted by Gasteiger charge is 2.17. The van der Waals surface area contributed by atoms with Crippen molar-refractivity contribution in [1.29, 1.82) is 0 Å². The molecule has 2 aromatic rings. The van der Waals surface area contributed by atoms with Crippen LogP contribution in [-0.4, -0.2) is 21.8 Å². The molecular formula is C13H14N2O2S2. The fourth-order valence-electron chi connectivity index (χ4n) is 1.55. The molecule has 2 rings (SSSR count). The molecule has 0 bridgehead atoms. The first-order valence-electron chi connectivity index (χ1n) is 5.79. The molecular weight excluding hydrogens is 280 g/mol. The molecule has 0 radical (unpaired) electrons. The van der Waals surface area contributed by atoms with Crippen molar-refractivity contribution in [1.82, 2.24) is 4.98 Å². The Hall–Kier alpha value is -1.37. The molecule has 1 heterocycles. The molecule has 0 saturated heterocycles. The number of carboxylic acids is 1. The Kier molecular flexibility index (Phi) is 4.57. The third-order valence-electron chi connectivity index (χ3n) is 2.52. The van der Waals surface area contributed by atoms with Crippen LogP contribution < -0.4 is 5.73 Å². The Bertz CT molecular complexity index is 566. The van der Waals surface area contributed by atoms with Gasteiger partial charge in [-0.1, -0.05) is 19.1 Å². The van der Waals surface area contributed by atoms with Crippen molar-refractivity contribution in [3.8, 4) is 10.6 Å². The predicted octanol–water partition coefficient (Wildman–Crippen LogP) is 3.01. The molecule has 0 aliphatic carbocycles. The largest absolute Gasteiger partial charge is 0.480 e. The zero-order valence-electron chi connectivity index (χ0n) is 10.4. The van der Waals surface area contributed by atoms with E-state index in [0.29, 0.717) is 5.69 Å². The van der Waals surface area contributed by atoms with Crippen molar-refractivity contribution in [2.24, 2.45) is 5.73 Å². The standard InChI is InChI=1S/C13H14N2O2S2/c1-2-18-9-5-3-8(4-6-9)12-15-10(7-19-12)11(14)13(16)17/h3-7,11H,2,14H2,1H3,(H,16,17). The lowest BCUT2D eigenvalue weighted by Gasteiger charge is -2.02. The molecule has 19 heavy (non-hydrogen) atoms. The monoisotopic (exact) mass is 294 g/mol. The summed E-state index contributed by atoms with van der Waals surface area (Å²) >= 11 is 3.18. The van der Waals surface area contributed by atoms with Gasteiger partial charge in [-0.05, 0) is 17.9 Å². The van der Waals surface area contributed by atoms with E-state index in [1.807, 2.05) is 24.3 Å². The smallest absolute Gasteiger partial charge is 0.326 e. The van der Waals surface area contributed by atoms with Gasteiger partial charge in [0.15, 0.2) is 0 Å². The van der Waals surface area contributed by atoms with Crippen molar-refractivity contribution in [2.45, 2.75) is 17.9 Å². The van der Waals surface area contributed by atoms with Crippen LogP contribution in [0.5, 0.6) is 0 Å².